The van der Waals surface area contributed by atoms with E-state index < -0.39 is 0 Å². The maximum absolute atomic E-state index is 12.3. The zero-order valence-electron chi connectivity index (χ0n) is 10.1. The molecule has 1 heterocycles. The number of hydrogen-bond donors (Lipinski definition) is 1. The Hall–Kier alpha value is -0.280. The first-order chi connectivity index (χ1) is 7.12. The molecular formula is C12H23ClN2O. The van der Waals surface area contributed by atoms with Crippen molar-refractivity contribution in [2.24, 2.45) is 11.1 Å². The first kappa shape index (κ1) is 13.8. The lowest BCUT2D eigenvalue weighted by molar-refractivity contribution is -0.142. The van der Waals surface area contributed by atoms with Crippen LogP contribution in [-0.4, -0.2) is 29.9 Å². The Kier molecular flexibility index (Phi) is 4.62. The molecule has 0 atom stereocenters. The fourth-order valence-electron chi connectivity index (χ4n) is 2.85. The molecular weight excluding hydrogens is 224 g/mol. The number of piperidine rings is 1. The van der Waals surface area contributed by atoms with Crippen LogP contribution in [0.25, 0.3) is 0 Å². The van der Waals surface area contributed by atoms with Crippen LogP contribution in [0, 0.1) is 5.41 Å². The Morgan fingerprint density at radius 1 is 1.25 bits per heavy atom. The zero-order chi connectivity index (χ0) is 10.9. The van der Waals surface area contributed by atoms with Crippen molar-refractivity contribution in [2.45, 2.75) is 51.5 Å². The lowest BCUT2D eigenvalue weighted by atomic mass is 9.86. The van der Waals surface area contributed by atoms with Crippen molar-refractivity contribution in [3.63, 3.8) is 0 Å². The molecule has 2 N–H and O–H groups in total. The molecule has 1 saturated carbocycles. The number of rotatable bonds is 1. The van der Waals surface area contributed by atoms with Crippen molar-refractivity contribution in [3.8, 4) is 0 Å². The highest BCUT2D eigenvalue weighted by Crippen LogP contribution is 2.39. The second kappa shape index (κ2) is 5.37. The molecule has 94 valence electrons. The number of nitrogens with two attached hydrogens (primary N) is 1. The topological polar surface area (TPSA) is 46.3 Å². The molecule has 16 heavy (non-hydrogen) atoms. The molecule has 2 fully saturated rings. The summed E-state index contributed by atoms with van der Waals surface area (Å²) in [5, 5.41) is 0. The van der Waals surface area contributed by atoms with E-state index in [1.807, 2.05) is 4.90 Å². The van der Waals surface area contributed by atoms with E-state index in [0.717, 1.165) is 38.8 Å². The van der Waals surface area contributed by atoms with E-state index in [-0.39, 0.29) is 17.8 Å². The maximum atomic E-state index is 12.3. The molecule has 1 saturated heterocycles. The summed E-state index contributed by atoms with van der Waals surface area (Å²) < 4.78 is 0. The Labute approximate surface area is 104 Å². The van der Waals surface area contributed by atoms with Gasteiger partial charge in [0.2, 0.25) is 5.91 Å². The highest BCUT2D eigenvalue weighted by Gasteiger charge is 2.39. The van der Waals surface area contributed by atoms with Crippen LogP contribution in [0.2, 0.25) is 0 Å². The smallest absolute Gasteiger partial charge is 0.228 e. The van der Waals surface area contributed by atoms with Crippen LogP contribution in [0.3, 0.4) is 0 Å². The molecule has 0 radical (unpaired) electrons. The predicted molar refractivity (Wildman–Crippen MR) is 67.6 cm³/mol. The van der Waals surface area contributed by atoms with E-state index in [1.165, 1.54) is 12.8 Å². The van der Waals surface area contributed by atoms with E-state index in [2.05, 4.69) is 6.92 Å². The SMILES string of the molecule is CC1(C(=O)N2CCC(N)CC2)CCCC1.Cl. The zero-order valence-corrected chi connectivity index (χ0v) is 10.9. The number of hydrogen-bond acceptors (Lipinski definition) is 2. The summed E-state index contributed by atoms with van der Waals surface area (Å²) in [6.07, 6.45) is 6.54. The molecule has 0 aromatic rings. The monoisotopic (exact) mass is 246 g/mol. The molecule has 0 unspecified atom stereocenters. The van der Waals surface area contributed by atoms with Gasteiger partial charge in [-0.3, -0.25) is 4.79 Å². The molecule has 1 amide bonds. The van der Waals surface area contributed by atoms with Crippen LogP contribution in [0.5, 0.6) is 0 Å². The van der Waals surface area contributed by atoms with Gasteiger partial charge >= 0.3 is 0 Å². The Morgan fingerprint density at radius 2 is 1.75 bits per heavy atom. The second-order valence-electron chi connectivity index (χ2n) is 5.40. The summed E-state index contributed by atoms with van der Waals surface area (Å²) in [4.78, 5) is 14.4. The predicted octanol–water partition coefficient (Wildman–Crippen LogP) is 1.94. The maximum Gasteiger partial charge on any atom is 0.228 e. The molecule has 3 nitrogen and oxygen atoms in total. The Balaban J connectivity index is 0.00000128. The number of nitrogens with zero attached hydrogens (tertiary/aromatic N) is 1. The number of amides is 1. The minimum atomic E-state index is -0.0541. The third-order valence-corrected chi connectivity index (χ3v) is 4.05. The van der Waals surface area contributed by atoms with Crippen LogP contribution in [0.15, 0.2) is 0 Å². The van der Waals surface area contributed by atoms with Crippen LogP contribution in [0.4, 0.5) is 0 Å². The Bertz CT molecular complexity index is 243. The molecule has 2 aliphatic rings. The van der Waals surface area contributed by atoms with Crippen molar-refractivity contribution >= 4 is 18.3 Å². The van der Waals surface area contributed by atoms with Gasteiger partial charge in [-0.1, -0.05) is 19.8 Å². The summed E-state index contributed by atoms with van der Waals surface area (Å²) in [5.74, 6) is 0.381. The summed E-state index contributed by atoms with van der Waals surface area (Å²) in [7, 11) is 0. The molecule has 0 aromatic heterocycles. The summed E-state index contributed by atoms with van der Waals surface area (Å²) in [5.41, 5.74) is 5.79. The van der Waals surface area contributed by atoms with Gasteiger partial charge in [-0.15, -0.1) is 12.4 Å². The number of likely N-dealkylation sites (tertiary alicyclic amines) is 1. The Morgan fingerprint density at radius 3 is 2.25 bits per heavy atom. The normalized spacial score (nSPS) is 25.2. The first-order valence-electron chi connectivity index (χ1n) is 6.17. The van der Waals surface area contributed by atoms with Crippen molar-refractivity contribution in [3.05, 3.63) is 0 Å². The van der Waals surface area contributed by atoms with Crippen molar-refractivity contribution in [1.82, 2.24) is 4.90 Å². The number of carbonyl (C=O) groups excluding carboxylic acids is 1. The molecule has 1 aliphatic carbocycles. The third-order valence-electron chi connectivity index (χ3n) is 4.05. The van der Waals surface area contributed by atoms with Gasteiger partial charge < -0.3 is 10.6 Å². The van der Waals surface area contributed by atoms with Crippen molar-refractivity contribution in [1.29, 1.82) is 0 Å². The minimum Gasteiger partial charge on any atom is -0.342 e. The molecule has 4 heteroatoms. The molecule has 0 aromatic carbocycles. The van der Waals surface area contributed by atoms with Crippen molar-refractivity contribution < 1.29 is 4.79 Å². The van der Waals surface area contributed by atoms with Crippen LogP contribution >= 0.6 is 12.4 Å². The van der Waals surface area contributed by atoms with Gasteiger partial charge in [-0.05, 0) is 25.7 Å². The summed E-state index contributed by atoms with van der Waals surface area (Å²) in [6.45, 7) is 3.88. The molecule has 0 spiro atoms. The first-order valence-corrected chi connectivity index (χ1v) is 6.17. The highest BCUT2D eigenvalue weighted by atomic mass is 35.5. The fourth-order valence-corrected chi connectivity index (χ4v) is 2.85. The number of halogens is 1. The van der Waals surface area contributed by atoms with Gasteiger partial charge in [0.1, 0.15) is 0 Å². The molecule has 1 aliphatic heterocycles. The highest BCUT2D eigenvalue weighted by molar-refractivity contribution is 5.85. The summed E-state index contributed by atoms with van der Waals surface area (Å²) in [6, 6.07) is 0.311. The van der Waals surface area contributed by atoms with E-state index >= 15 is 0 Å². The van der Waals surface area contributed by atoms with Crippen molar-refractivity contribution in [2.75, 3.05) is 13.1 Å². The lowest BCUT2D eigenvalue weighted by Crippen LogP contribution is -2.47. The van der Waals surface area contributed by atoms with Gasteiger partial charge in [-0.2, -0.15) is 0 Å². The number of carbonyl (C=O) groups is 1. The van der Waals surface area contributed by atoms with Gasteiger partial charge in [0.05, 0.1) is 0 Å². The molecule has 2 rings (SSSR count). The van der Waals surface area contributed by atoms with Crippen LogP contribution in [-0.2, 0) is 4.79 Å². The van der Waals surface area contributed by atoms with Gasteiger partial charge in [0, 0.05) is 24.5 Å². The quantitative estimate of drug-likeness (QED) is 0.769. The van der Waals surface area contributed by atoms with E-state index in [9.17, 15) is 4.79 Å². The largest absolute Gasteiger partial charge is 0.342 e. The fraction of sp³-hybridized carbons (Fsp3) is 0.917. The summed E-state index contributed by atoms with van der Waals surface area (Å²) >= 11 is 0. The van der Waals surface area contributed by atoms with Gasteiger partial charge in [0.25, 0.3) is 0 Å². The van der Waals surface area contributed by atoms with Gasteiger partial charge in [0.15, 0.2) is 0 Å². The molecule has 0 bridgehead atoms. The lowest BCUT2D eigenvalue weighted by Gasteiger charge is -2.36. The third kappa shape index (κ3) is 2.69. The average Bonchev–Trinajstić information content (AvgIpc) is 2.67. The van der Waals surface area contributed by atoms with E-state index in [4.69, 9.17) is 5.73 Å². The van der Waals surface area contributed by atoms with E-state index in [0.29, 0.717) is 11.9 Å². The van der Waals surface area contributed by atoms with E-state index in [1.54, 1.807) is 0 Å². The second-order valence-corrected chi connectivity index (χ2v) is 5.40. The average molecular weight is 247 g/mol. The standard InChI is InChI=1S/C12H22N2O.ClH/c1-12(6-2-3-7-12)11(15)14-8-4-10(13)5-9-14;/h10H,2-9,13H2,1H3;1H. The minimum absolute atomic E-state index is 0. The van der Waals surface area contributed by atoms with Crippen LogP contribution < -0.4 is 5.73 Å². The van der Waals surface area contributed by atoms with Crippen LogP contribution in [0.1, 0.15) is 45.4 Å². The van der Waals surface area contributed by atoms with Gasteiger partial charge in [-0.25, -0.2) is 0 Å².